The molecule has 1 saturated carbocycles. The first kappa shape index (κ1) is 34.1. The molecule has 274 valence electrons. The van der Waals surface area contributed by atoms with Crippen molar-refractivity contribution in [3.05, 3.63) is 167 Å². The van der Waals surface area contributed by atoms with E-state index < -0.39 is 35.0 Å². The number of para-hydroxylation sites is 2. The lowest BCUT2D eigenvalue weighted by atomic mass is 9.44. The molecule has 56 heavy (non-hydrogen) atoms. The molecule has 1 aromatic heterocycles. The van der Waals surface area contributed by atoms with Gasteiger partial charge >= 0.3 is 0 Å². The number of aromatic nitrogens is 1. The highest BCUT2D eigenvalue weighted by Gasteiger charge is 2.66. The Labute approximate surface area is 326 Å². The number of amides is 2. The number of ketones is 2. The molecular formula is C47H33ClN2O6. The maximum atomic E-state index is 15.2. The zero-order chi connectivity index (χ0) is 38.3. The number of hydrogen-bond acceptors (Lipinski definition) is 7. The number of phenolic OH excluding ortho intramolecular Hbond substituents is 1. The lowest BCUT2D eigenvalue weighted by Gasteiger charge is -2.55. The highest BCUT2D eigenvalue weighted by Crippen LogP contribution is 2.64. The number of phenols is 1. The molecule has 8 nitrogen and oxygen atoms in total. The number of halogens is 1. The standard InChI is InChI=1S/C47H33ClN2O6/c48-37-23-30(51)19-20-32(37)42-31-21-22-33-41(46(55)50(45(33)54)29-17-15-27(16-18-29)44-49-38-13-7-8-14-39(38)56-44)35(31)24-36-43(53)34(26-9-3-1-4-10-26)25-40(52)47(36,42)28-11-5-2-6-12-28/h1-21,23,25,33,35-36,41-42,51H,22,24H2/t33-,35+,36-,41-,42+,47-/m0/s1. The van der Waals surface area contributed by atoms with E-state index in [0.29, 0.717) is 45.0 Å². The zero-order valence-corrected chi connectivity index (χ0v) is 30.6. The number of Topliss-reactive ketones (excluding diaryl/α,β-unsaturated/α-hetero) is 1. The first-order valence-electron chi connectivity index (χ1n) is 18.7. The second-order valence-corrected chi connectivity index (χ2v) is 15.4. The van der Waals surface area contributed by atoms with Crippen LogP contribution in [0.3, 0.4) is 0 Å². The third-order valence-corrected chi connectivity index (χ3v) is 12.7. The van der Waals surface area contributed by atoms with Gasteiger partial charge in [0.1, 0.15) is 11.3 Å². The molecule has 1 aliphatic heterocycles. The summed E-state index contributed by atoms with van der Waals surface area (Å²) in [5.74, 6) is -4.38. The minimum Gasteiger partial charge on any atom is -0.508 e. The van der Waals surface area contributed by atoms with Gasteiger partial charge in [-0.05, 0) is 90.1 Å². The molecule has 1 N–H and O–H groups in total. The molecular weight excluding hydrogens is 724 g/mol. The summed E-state index contributed by atoms with van der Waals surface area (Å²) in [5.41, 5.74) is 4.07. The SMILES string of the molecule is O=C1C(c2ccccc2)=CC(=O)[C@@]2(c3ccccc3)[C@@H](c3ccc(O)cc3Cl)C3=CC[C@@H]4C(=O)N(c5ccc(-c6nc7ccccc7o6)cc5)C(=O)[C@@H]4[C@@H]3C[C@@H]12. The van der Waals surface area contributed by atoms with Crippen LogP contribution in [0.15, 0.2) is 150 Å². The molecule has 5 aromatic carbocycles. The number of allylic oxidation sites excluding steroid dienone is 4. The molecule has 2 amide bonds. The molecule has 3 aliphatic carbocycles. The predicted octanol–water partition coefficient (Wildman–Crippen LogP) is 8.88. The smallest absolute Gasteiger partial charge is 0.238 e. The molecule has 2 heterocycles. The summed E-state index contributed by atoms with van der Waals surface area (Å²) in [5, 5.41) is 10.7. The van der Waals surface area contributed by atoms with Crippen LogP contribution in [0.2, 0.25) is 5.02 Å². The van der Waals surface area contributed by atoms with E-state index in [1.807, 2.05) is 91.0 Å². The molecule has 0 unspecified atom stereocenters. The van der Waals surface area contributed by atoms with Gasteiger partial charge in [-0.3, -0.25) is 24.1 Å². The molecule has 0 radical (unpaired) electrons. The molecule has 6 aromatic rings. The Hall–Kier alpha value is -6.38. The van der Waals surface area contributed by atoms with Crippen LogP contribution in [-0.4, -0.2) is 33.5 Å². The topological polar surface area (TPSA) is 118 Å². The van der Waals surface area contributed by atoms with E-state index >= 15 is 9.59 Å². The van der Waals surface area contributed by atoms with Gasteiger partial charge in [0.25, 0.3) is 0 Å². The van der Waals surface area contributed by atoms with Crippen molar-refractivity contribution in [1.29, 1.82) is 0 Å². The Morgan fingerprint density at radius 1 is 0.768 bits per heavy atom. The average molecular weight is 757 g/mol. The lowest BCUT2D eigenvalue weighted by Crippen LogP contribution is -2.58. The third-order valence-electron chi connectivity index (χ3n) is 12.3. The Morgan fingerprint density at radius 2 is 1.48 bits per heavy atom. The zero-order valence-electron chi connectivity index (χ0n) is 29.8. The summed E-state index contributed by atoms with van der Waals surface area (Å²) in [4.78, 5) is 65.3. The summed E-state index contributed by atoms with van der Waals surface area (Å²) >= 11 is 6.99. The van der Waals surface area contributed by atoms with Gasteiger partial charge in [0.2, 0.25) is 17.7 Å². The first-order chi connectivity index (χ1) is 27.3. The molecule has 4 aliphatic rings. The molecule has 0 spiro atoms. The number of aromatic hydroxyl groups is 1. The Kier molecular flexibility index (Phi) is 7.83. The summed E-state index contributed by atoms with van der Waals surface area (Å²) < 4.78 is 5.95. The number of imide groups is 1. The van der Waals surface area contributed by atoms with Crippen LogP contribution in [0, 0.1) is 23.7 Å². The molecule has 1 saturated heterocycles. The number of benzene rings is 5. The molecule has 10 rings (SSSR count). The summed E-state index contributed by atoms with van der Waals surface area (Å²) in [6.45, 7) is 0. The number of rotatable bonds is 5. The fourth-order valence-electron chi connectivity index (χ4n) is 9.97. The van der Waals surface area contributed by atoms with Crippen LogP contribution in [0.25, 0.3) is 28.1 Å². The van der Waals surface area contributed by atoms with E-state index in [1.54, 1.807) is 30.3 Å². The normalized spacial score (nSPS) is 25.7. The van der Waals surface area contributed by atoms with Crippen molar-refractivity contribution >= 4 is 57.3 Å². The van der Waals surface area contributed by atoms with E-state index in [4.69, 9.17) is 16.0 Å². The maximum Gasteiger partial charge on any atom is 0.238 e. The highest BCUT2D eigenvalue weighted by atomic mass is 35.5. The fourth-order valence-corrected chi connectivity index (χ4v) is 10.3. The van der Waals surface area contributed by atoms with Crippen LogP contribution >= 0.6 is 11.6 Å². The van der Waals surface area contributed by atoms with Crippen molar-refractivity contribution in [3.8, 4) is 17.2 Å². The highest BCUT2D eigenvalue weighted by molar-refractivity contribution is 6.33. The van der Waals surface area contributed by atoms with Crippen LogP contribution in [0.4, 0.5) is 5.69 Å². The quantitative estimate of drug-likeness (QED) is 0.138. The molecule has 6 atom stereocenters. The molecule has 0 bridgehead atoms. The first-order valence-corrected chi connectivity index (χ1v) is 19.1. The van der Waals surface area contributed by atoms with Crippen molar-refractivity contribution in [2.75, 3.05) is 4.90 Å². The Morgan fingerprint density at radius 3 is 2.21 bits per heavy atom. The largest absolute Gasteiger partial charge is 0.508 e. The van der Waals surface area contributed by atoms with E-state index in [2.05, 4.69) is 4.98 Å². The van der Waals surface area contributed by atoms with Crippen LogP contribution in [0.5, 0.6) is 5.75 Å². The summed E-state index contributed by atoms with van der Waals surface area (Å²) in [6.07, 6.45) is 3.92. The number of oxazole rings is 1. The van der Waals surface area contributed by atoms with Crippen molar-refractivity contribution in [2.45, 2.75) is 24.2 Å². The fraction of sp³-hybridized carbons (Fsp3) is 0.170. The lowest BCUT2D eigenvalue weighted by molar-refractivity contribution is -0.135. The van der Waals surface area contributed by atoms with E-state index in [0.717, 1.165) is 11.1 Å². The van der Waals surface area contributed by atoms with Crippen LogP contribution < -0.4 is 4.90 Å². The van der Waals surface area contributed by atoms with E-state index in [1.165, 1.54) is 23.1 Å². The second kappa shape index (κ2) is 12.9. The minimum atomic E-state index is -1.42. The summed E-state index contributed by atoms with van der Waals surface area (Å²) in [7, 11) is 0. The number of hydrogen-bond donors (Lipinski definition) is 1. The van der Waals surface area contributed by atoms with Gasteiger partial charge in [0.15, 0.2) is 17.1 Å². The number of carbonyl (C=O) groups is 4. The number of nitrogens with zero attached hydrogens (tertiary/aromatic N) is 2. The molecule has 9 heteroatoms. The summed E-state index contributed by atoms with van der Waals surface area (Å²) in [6, 6.07) is 37.7. The van der Waals surface area contributed by atoms with Gasteiger partial charge in [-0.2, -0.15) is 0 Å². The van der Waals surface area contributed by atoms with Gasteiger partial charge < -0.3 is 9.52 Å². The van der Waals surface area contributed by atoms with Gasteiger partial charge in [-0.15, -0.1) is 0 Å². The van der Waals surface area contributed by atoms with Crippen molar-refractivity contribution in [2.24, 2.45) is 23.7 Å². The number of carbonyl (C=O) groups excluding carboxylic acids is 4. The Bertz CT molecular complexity index is 2650. The van der Waals surface area contributed by atoms with Crippen LogP contribution in [0.1, 0.15) is 35.4 Å². The minimum absolute atomic E-state index is 0.0410. The van der Waals surface area contributed by atoms with Crippen LogP contribution in [-0.2, 0) is 24.6 Å². The van der Waals surface area contributed by atoms with Crippen molar-refractivity contribution < 1.29 is 28.7 Å². The number of anilines is 1. The Balaban J connectivity index is 1.10. The van der Waals surface area contributed by atoms with Crippen molar-refractivity contribution in [1.82, 2.24) is 4.98 Å². The second-order valence-electron chi connectivity index (χ2n) is 15.0. The maximum absolute atomic E-state index is 15.2. The van der Waals surface area contributed by atoms with Gasteiger partial charge in [0.05, 0.1) is 22.9 Å². The van der Waals surface area contributed by atoms with Gasteiger partial charge in [-0.25, -0.2) is 4.98 Å². The van der Waals surface area contributed by atoms with E-state index in [-0.39, 0.29) is 47.0 Å². The average Bonchev–Trinajstić information content (AvgIpc) is 3.77. The number of fused-ring (bicyclic) bond motifs is 5. The van der Waals surface area contributed by atoms with Gasteiger partial charge in [0, 0.05) is 28.0 Å². The van der Waals surface area contributed by atoms with Crippen molar-refractivity contribution in [3.63, 3.8) is 0 Å². The predicted molar refractivity (Wildman–Crippen MR) is 212 cm³/mol. The third kappa shape index (κ3) is 4.95. The van der Waals surface area contributed by atoms with Gasteiger partial charge in [-0.1, -0.05) is 102 Å². The molecule has 2 fully saturated rings. The van der Waals surface area contributed by atoms with E-state index in [9.17, 15) is 14.7 Å². The monoisotopic (exact) mass is 756 g/mol.